The summed E-state index contributed by atoms with van der Waals surface area (Å²) in [5, 5.41) is 93.1. The number of ether oxygens (including phenoxy) is 3. The van der Waals surface area contributed by atoms with Gasteiger partial charge in [-0.05, 0) is 20.4 Å². The Morgan fingerprint density at radius 2 is 1.71 bits per heavy atom. The molecule has 15 N–H and O–H groups in total. The first-order chi connectivity index (χ1) is 19.7. The molecule has 0 aromatic heterocycles. The molecule has 2 aliphatic heterocycles. The summed E-state index contributed by atoms with van der Waals surface area (Å²) in [6.45, 7) is 1.22. The smallest absolute Gasteiger partial charge is 0.253 e. The number of hydrogen-bond acceptors (Lipinski definition) is 16. The van der Waals surface area contributed by atoms with Crippen LogP contribution in [0.2, 0.25) is 0 Å². The third-order valence-corrected chi connectivity index (χ3v) is 9.04. The van der Waals surface area contributed by atoms with Crippen molar-refractivity contribution in [1.82, 2.24) is 16.0 Å². The van der Waals surface area contributed by atoms with Crippen LogP contribution in [-0.2, 0) is 19.0 Å². The first-order valence-electron chi connectivity index (χ1n) is 14.3. The van der Waals surface area contributed by atoms with E-state index in [0.29, 0.717) is 0 Å². The number of rotatable bonds is 10. The molecule has 0 aromatic carbocycles. The average Bonchev–Trinajstić information content (AvgIpc) is 3.55. The Labute approximate surface area is 243 Å². The van der Waals surface area contributed by atoms with E-state index >= 15 is 0 Å². The summed E-state index contributed by atoms with van der Waals surface area (Å²) in [5.74, 6) is -1.91. The van der Waals surface area contributed by atoms with Gasteiger partial charge in [0.25, 0.3) is 5.91 Å². The summed E-state index contributed by atoms with van der Waals surface area (Å²) in [6.07, 6.45) is -12.9. The zero-order valence-corrected chi connectivity index (χ0v) is 23.7. The van der Waals surface area contributed by atoms with Gasteiger partial charge in [0.15, 0.2) is 11.9 Å². The summed E-state index contributed by atoms with van der Waals surface area (Å²) < 4.78 is 17.6. The molecule has 2 saturated carbocycles. The first kappa shape index (κ1) is 33.8. The summed E-state index contributed by atoms with van der Waals surface area (Å²) in [4.78, 5) is 12.9. The normalized spacial score (nSPS) is 51.2. The van der Waals surface area contributed by atoms with E-state index in [1.807, 2.05) is 0 Å². The second-order valence-electron chi connectivity index (χ2n) is 12.2. The Kier molecular flexibility index (Phi) is 10.5. The second-order valence-corrected chi connectivity index (χ2v) is 12.2. The highest BCUT2D eigenvalue weighted by Gasteiger charge is 2.60. The van der Waals surface area contributed by atoms with Gasteiger partial charge in [-0.1, -0.05) is 0 Å². The summed E-state index contributed by atoms with van der Waals surface area (Å²) in [5.41, 5.74) is 8.94. The first-order valence-corrected chi connectivity index (χ1v) is 14.3. The largest absolute Gasteiger partial charge is 0.395 e. The van der Waals surface area contributed by atoms with Crippen LogP contribution in [0.1, 0.15) is 19.8 Å². The van der Waals surface area contributed by atoms with Crippen LogP contribution >= 0.6 is 0 Å². The van der Waals surface area contributed by atoms with Crippen molar-refractivity contribution in [1.29, 1.82) is 0 Å². The molecule has 1 amide bonds. The van der Waals surface area contributed by atoms with Crippen LogP contribution in [-0.4, -0.2) is 171 Å². The summed E-state index contributed by atoms with van der Waals surface area (Å²) >= 11 is 0. The molecule has 16 atom stereocenters. The zero-order valence-electron chi connectivity index (χ0n) is 23.7. The number of carbonyl (C=O) groups is 1. The van der Waals surface area contributed by atoms with Crippen molar-refractivity contribution in [3.63, 3.8) is 0 Å². The van der Waals surface area contributed by atoms with Crippen molar-refractivity contribution in [2.45, 2.75) is 110 Å². The van der Waals surface area contributed by atoms with Crippen LogP contribution in [0, 0.1) is 5.92 Å². The molecule has 244 valence electrons. The Morgan fingerprint density at radius 1 is 1.05 bits per heavy atom. The molecule has 17 nitrogen and oxygen atoms in total. The number of amides is 1. The SMILES string of the molecule is CN[C@@H]1[C@@H](O)[C@@H](O[C@H]2[C@H](NC(=O)C3(O)CC3N)C[C@H](N)C([C@H]3O[C@H](CNCCO)[C@@H](O)[C@H](O)[C@H]3O)[C@@H]2O)OC[C@]1(C)O. The van der Waals surface area contributed by atoms with E-state index in [9.17, 15) is 40.5 Å². The molecule has 0 aromatic rings. The maximum Gasteiger partial charge on any atom is 0.253 e. The zero-order chi connectivity index (χ0) is 31.1. The molecule has 2 aliphatic carbocycles. The molecule has 0 spiro atoms. The molecule has 42 heavy (non-hydrogen) atoms. The molecule has 0 radical (unpaired) electrons. The monoisotopic (exact) mass is 609 g/mol. The van der Waals surface area contributed by atoms with Gasteiger partial charge < -0.3 is 82.5 Å². The van der Waals surface area contributed by atoms with Gasteiger partial charge >= 0.3 is 0 Å². The minimum Gasteiger partial charge on any atom is -0.395 e. The maximum absolute atomic E-state index is 12.9. The molecule has 0 bridgehead atoms. The molecule has 4 fully saturated rings. The Morgan fingerprint density at radius 3 is 2.31 bits per heavy atom. The van der Waals surface area contributed by atoms with Crippen molar-refractivity contribution in [2.75, 3.05) is 33.4 Å². The third kappa shape index (κ3) is 6.46. The number of aliphatic hydroxyl groups is 8. The van der Waals surface area contributed by atoms with Gasteiger partial charge in [0.05, 0.1) is 43.6 Å². The highest BCUT2D eigenvalue weighted by molar-refractivity contribution is 5.89. The van der Waals surface area contributed by atoms with Crippen LogP contribution in [0.3, 0.4) is 0 Å². The van der Waals surface area contributed by atoms with Gasteiger partial charge in [0, 0.05) is 37.5 Å². The number of hydrogen-bond donors (Lipinski definition) is 13. The van der Waals surface area contributed by atoms with Crippen LogP contribution in [0.5, 0.6) is 0 Å². The van der Waals surface area contributed by atoms with Crippen LogP contribution < -0.4 is 27.4 Å². The number of likely N-dealkylation sites (N-methyl/N-ethyl adjacent to an activating group) is 1. The van der Waals surface area contributed by atoms with E-state index in [-0.39, 0.29) is 39.1 Å². The fraction of sp³-hybridized carbons (Fsp3) is 0.960. The Hall–Kier alpha value is -1.13. The molecule has 2 saturated heterocycles. The van der Waals surface area contributed by atoms with Gasteiger partial charge in [0.2, 0.25) is 0 Å². The number of nitrogens with two attached hydrogens (primary N) is 2. The predicted molar refractivity (Wildman–Crippen MR) is 142 cm³/mol. The number of nitrogens with one attached hydrogen (secondary N) is 3. The molecular formula is C25H47N5O12. The molecule has 3 unspecified atom stereocenters. The predicted octanol–water partition coefficient (Wildman–Crippen LogP) is -7.49. The van der Waals surface area contributed by atoms with E-state index in [2.05, 4.69) is 16.0 Å². The average molecular weight is 610 g/mol. The molecule has 4 aliphatic rings. The van der Waals surface area contributed by atoms with E-state index in [1.165, 1.54) is 14.0 Å². The number of carbonyl (C=O) groups excluding carboxylic acids is 1. The lowest BCUT2D eigenvalue weighted by Crippen LogP contribution is -2.71. The highest BCUT2D eigenvalue weighted by Crippen LogP contribution is 2.39. The maximum atomic E-state index is 12.9. The fourth-order valence-electron chi connectivity index (χ4n) is 6.39. The molecule has 4 rings (SSSR count). The van der Waals surface area contributed by atoms with Gasteiger partial charge in [-0.2, -0.15) is 0 Å². The van der Waals surface area contributed by atoms with Crippen LogP contribution in [0.25, 0.3) is 0 Å². The Bertz CT molecular complexity index is 936. The lowest BCUT2D eigenvalue weighted by Gasteiger charge is -2.52. The minimum absolute atomic E-state index is 0.00491. The Balaban J connectivity index is 1.59. The highest BCUT2D eigenvalue weighted by atomic mass is 16.7. The molecule has 2 heterocycles. The molecular weight excluding hydrogens is 562 g/mol. The minimum atomic E-state index is -1.80. The summed E-state index contributed by atoms with van der Waals surface area (Å²) in [7, 11) is 1.53. The van der Waals surface area contributed by atoms with Crippen molar-refractivity contribution < 1.29 is 59.9 Å². The fourth-order valence-corrected chi connectivity index (χ4v) is 6.39. The third-order valence-electron chi connectivity index (χ3n) is 9.04. The van der Waals surface area contributed by atoms with Gasteiger partial charge in [-0.3, -0.25) is 4.79 Å². The van der Waals surface area contributed by atoms with Crippen molar-refractivity contribution in [2.24, 2.45) is 17.4 Å². The lowest BCUT2D eigenvalue weighted by atomic mass is 9.72. The van der Waals surface area contributed by atoms with Crippen molar-refractivity contribution >= 4 is 5.91 Å². The topological polar surface area (TPSA) is 295 Å². The summed E-state index contributed by atoms with van der Waals surface area (Å²) in [6, 6.07) is -3.64. The van der Waals surface area contributed by atoms with Crippen LogP contribution in [0.4, 0.5) is 0 Å². The van der Waals surface area contributed by atoms with Gasteiger partial charge in [-0.25, -0.2) is 0 Å². The van der Waals surface area contributed by atoms with Crippen molar-refractivity contribution in [3.05, 3.63) is 0 Å². The van der Waals surface area contributed by atoms with Crippen molar-refractivity contribution in [3.8, 4) is 0 Å². The second kappa shape index (κ2) is 13.1. The van der Waals surface area contributed by atoms with Gasteiger partial charge in [-0.15, -0.1) is 0 Å². The van der Waals surface area contributed by atoms with E-state index < -0.39 is 102 Å². The quantitative estimate of drug-likeness (QED) is 0.102. The lowest BCUT2D eigenvalue weighted by molar-refractivity contribution is -0.303. The number of aliphatic hydroxyl groups excluding tert-OH is 6. The van der Waals surface area contributed by atoms with Crippen LogP contribution in [0.15, 0.2) is 0 Å². The van der Waals surface area contributed by atoms with E-state index in [1.54, 1.807) is 0 Å². The standard InChI is InChI=1S/C25H47N5O12/c1-24(38)8-40-22(18(36)21(24)28-2)42-19-10(30-23(37)25(39)6-12(25)27)5-9(26)13(15(19)33)20-17(35)16(34)14(32)11(41-20)7-29-3-4-31/h9-22,28-29,31-36,38-39H,3-8,26-27H2,1-2H3,(H,30,37)/t9-,10+,11+,12?,13?,14+,15-,16-,17+,18+,19-,20+,21+,22+,24-,25?/m0/s1. The molecule has 17 heteroatoms. The van der Waals surface area contributed by atoms with E-state index in [0.717, 1.165) is 0 Å². The van der Waals surface area contributed by atoms with Gasteiger partial charge in [0.1, 0.15) is 36.1 Å². The van der Waals surface area contributed by atoms with E-state index in [4.69, 9.17) is 30.8 Å².